The van der Waals surface area contributed by atoms with Crippen molar-refractivity contribution >= 4 is 34.7 Å². The minimum absolute atomic E-state index is 0.317. The fraction of sp³-hybridized carbons (Fsp3) is 0.400. The molecule has 0 aromatic carbocycles. The summed E-state index contributed by atoms with van der Waals surface area (Å²) in [5.74, 6) is 0.317. The highest BCUT2D eigenvalue weighted by Crippen LogP contribution is 2.24. The third-order valence-electron chi connectivity index (χ3n) is 2.43. The van der Waals surface area contributed by atoms with Gasteiger partial charge in [-0.25, -0.2) is 4.98 Å². The number of rotatable bonds is 1. The second kappa shape index (κ2) is 4.37. The third-order valence-corrected chi connectivity index (χ3v) is 2.82. The Kier molecular flexibility index (Phi) is 3.12. The van der Waals surface area contributed by atoms with Crippen LogP contribution in [0, 0.1) is 0 Å². The molecule has 2 rings (SSSR count). The van der Waals surface area contributed by atoms with Crippen molar-refractivity contribution in [1.82, 2.24) is 4.98 Å². The van der Waals surface area contributed by atoms with Crippen LogP contribution in [0.4, 0.5) is 5.69 Å². The average molecular weight is 245 g/mol. The third kappa shape index (κ3) is 2.61. The Morgan fingerprint density at radius 2 is 1.67 bits per heavy atom. The van der Waals surface area contributed by atoms with Crippen LogP contribution in [0.25, 0.3) is 0 Å². The molecule has 0 atom stereocenters. The van der Waals surface area contributed by atoms with Gasteiger partial charge in [-0.05, 0) is 12.1 Å². The molecule has 0 spiro atoms. The van der Waals surface area contributed by atoms with Crippen LogP contribution < -0.4 is 4.90 Å². The van der Waals surface area contributed by atoms with Crippen LogP contribution in [-0.4, -0.2) is 23.9 Å². The van der Waals surface area contributed by atoms with E-state index in [1.54, 1.807) is 12.1 Å². The van der Waals surface area contributed by atoms with Gasteiger partial charge in [-0.1, -0.05) is 23.2 Å². The van der Waals surface area contributed by atoms with Gasteiger partial charge >= 0.3 is 0 Å². The molecule has 5 heteroatoms. The molecule has 1 aliphatic rings. The highest BCUT2D eigenvalue weighted by molar-refractivity contribution is 6.32. The molecule has 0 aliphatic carbocycles. The van der Waals surface area contributed by atoms with Crippen molar-refractivity contribution in [3.63, 3.8) is 0 Å². The van der Waals surface area contributed by atoms with E-state index in [2.05, 4.69) is 9.88 Å². The number of nitrogens with zero attached hydrogens (tertiary/aromatic N) is 2. The van der Waals surface area contributed by atoms with Gasteiger partial charge in [0.25, 0.3) is 0 Å². The Bertz CT molecular complexity index is 365. The summed E-state index contributed by atoms with van der Waals surface area (Å²) in [5, 5.41) is 0.767. The Labute approximate surface area is 98.0 Å². The number of piperidine rings is 1. The van der Waals surface area contributed by atoms with Gasteiger partial charge in [0.2, 0.25) is 0 Å². The molecule has 0 bridgehead atoms. The largest absolute Gasteiger partial charge is 0.370 e. The molecule has 0 saturated carbocycles. The summed E-state index contributed by atoms with van der Waals surface area (Å²) >= 11 is 11.6. The summed E-state index contributed by atoms with van der Waals surface area (Å²) in [4.78, 5) is 17.1. The SMILES string of the molecule is O=C1CCN(c2cc(Cl)nc(Cl)c2)CC1. The van der Waals surface area contributed by atoms with Crippen LogP contribution in [0.3, 0.4) is 0 Å². The lowest BCUT2D eigenvalue weighted by atomic mass is 10.1. The van der Waals surface area contributed by atoms with E-state index in [1.165, 1.54) is 0 Å². The predicted molar refractivity (Wildman–Crippen MR) is 60.7 cm³/mol. The van der Waals surface area contributed by atoms with Gasteiger partial charge in [0.15, 0.2) is 0 Å². The molecule has 80 valence electrons. The summed E-state index contributed by atoms with van der Waals surface area (Å²) in [6.45, 7) is 1.46. The maximum absolute atomic E-state index is 11.1. The maximum Gasteiger partial charge on any atom is 0.136 e. The summed E-state index contributed by atoms with van der Waals surface area (Å²) in [5.41, 5.74) is 0.938. The van der Waals surface area contributed by atoms with Crippen LogP contribution >= 0.6 is 23.2 Å². The number of ketones is 1. The smallest absolute Gasteiger partial charge is 0.136 e. The molecule has 1 fully saturated rings. The van der Waals surface area contributed by atoms with E-state index < -0.39 is 0 Å². The molecule has 3 nitrogen and oxygen atoms in total. The first-order valence-electron chi connectivity index (χ1n) is 4.75. The van der Waals surface area contributed by atoms with E-state index in [4.69, 9.17) is 23.2 Å². The lowest BCUT2D eigenvalue weighted by molar-refractivity contribution is -0.119. The van der Waals surface area contributed by atoms with Gasteiger partial charge < -0.3 is 4.90 Å². The van der Waals surface area contributed by atoms with Gasteiger partial charge in [-0.2, -0.15) is 0 Å². The number of aromatic nitrogens is 1. The van der Waals surface area contributed by atoms with Gasteiger partial charge in [0, 0.05) is 31.6 Å². The van der Waals surface area contributed by atoms with Crippen LogP contribution in [0.2, 0.25) is 10.3 Å². The fourth-order valence-corrected chi connectivity index (χ4v) is 2.10. The number of Topliss-reactive ketones (excluding diaryl/α,β-unsaturated/α-hetero) is 1. The molecule has 1 aromatic heterocycles. The topological polar surface area (TPSA) is 33.2 Å². The van der Waals surface area contributed by atoms with Crippen molar-refractivity contribution in [1.29, 1.82) is 0 Å². The molecule has 1 saturated heterocycles. The van der Waals surface area contributed by atoms with Crippen molar-refractivity contribution in [3.05, 3.63) is 22.4 Å². The standard InChI is InChI=1S/C10H10Cl2N2O/c11-9-5-7(6-10(12)13-9)14-3-1-8(15)2-4-14/h5-6H,1-4H2. The Morgan fingerprint density at radius 3 is 2.20 bits per heavy atom. The summed E-state index contributed by atoms with van der Waals surface area (Å²) in [6, 6.07) is 3.53. The lowest BCUT2D eigenvalue weighted by Gasteiger charge is -2.28. The van der Waals surface area contributed by atoms with E-state index >= 15 is 0 Å². The van der Waals surface area contributed by atoms with Crippen LogP contribution in [0.5, 0.6) is 0 Å². The zero-order valence-corrected chi connectivity index (χ0v) is 9.55. The molecular formula is C10H10Cl2N2O. The molecule has 1 aromatic rings. The lowest BCUT2D eigenvalue weighted by Crippen LogP contribution is -2.33. The number of halogens is 2. The monoisotopic (exact) mass is 244 g/mol. The zero-order valence-electron chi connectivity index (χ0n) is 8.04. The Balaban J connectivity index is 2.18. The highest BCUT2D eigenvalue weighted by Gasteiger charge is 2.17. The Hall–Kier alpha value is -0.800. The highest BCUT2D eigenvalue weighted by atomic mass is 35.5. The van der Waals surface area contributed by atoms with Crippen molar-refractivity contribution in [2.45, 2.75) is 12.8 Å². The van der Waals surface area contributed by atoms with E-state index in [1.807, 2.05) is 0 Å². The van der Waals surface area contributed by atoms with Crippen LogP contribution in [-0.2, 0) is 4.79 Å². The Morgan fingerprint density at radius 1 is 1.13 bits per heavy atom. The molecule has 0 N–H and O–H groups in total. The second-order valence-electron chi connectivity index (χ2n) is 3.50. The van der Waals surface area contributed by atoms with Gasteiger partial charge in [-0.15, -0.1) is 0 Å². The normalized spacial score (nSPS) is 16.9. The molecular weight excluding hydrogens is 235 g/mol. The first-order valence-corrected chi connectivity index (χ1v) is 5.50. The number of hydrogen-bond acceptors (Lipinski definition) is 3. The van der Waals surface area contributed by atoms with Crippen molar-refractivity contribution < 1.29 is 4.79 Å². The van der Waals surface area contributed by atoms with Gasteiger partial charge in [0.1, 0.15) is 16.1 Å². The molecule has 0 radical (unpaired) electrons. The van der Waals surface area contributed by atoms with Crippen molar-refractivity contribution in [2.24, 2.45) is 0 Å². The zero-order chi connectivity index (χ0) is 10.8. The quantitative estimate of drug-likeness (QED) is 0.713. The van der Waals surface area contributed by atoms with Gasteiger partial charge in [0.05, 0.1) is 0 Å². The molecule has 15 heavy (non-hydrogen) atoms. The first-order chi connectivity index (χ1) is 7.15. The number of pyridine rings is 1. The first kappa shape index (κ1) is 10.7. The summed E-state index contributed by atoms with van der Waals surface area (Å²) in [7, 11) is 0. The molecule has 1 aliphatic heterocycles. The van der Waals surface area contributed by atoms with Crippen molar-refractivity contribution in [2.75, 3.05) is 18.0 Å². The summed E-state index contributed by atoms with van der Waals surface area (Å²) < 4.78 is 0. The number of carbonyl (C=O) groups excluding carboxylic acids is 1. The van der Waals surface area contributed by atoms with E-state index in [9.17, 15) is 4.79 Å². The van der Waals surface area contributed by atoms with Crippen LogP contribution in [0.15, 0.2) is 12.1 Å². The number of hydrogen-bond donors (Lipinski definition) is 0. The maximum atomic E-state index is 11.1. The average Bonchev–Trinajstić information content (AvgIpc) is 2.17. The van der Waals surface area contributed by atoms with Crippen molar-refractivity contribution in [3.8, 4) is 0 Å². The van der Waals surface area contributed by atoms with Crippen LogP contribution in [0.1, 0.15) is 12.8 Å². The second-order valence-corrected chi connectivity index (χ2v) is 4.27. The molecule has 2 heterocycles. The predicted octanol–water partition coefficient (Wildman–Crippen LogP) is 2.56. The summed E-state index contributed by atoms with van der Waals surface area (Å²) in [6.07, 6.45) is 1.19. The van der Waals surface area contributed by atoms with E-state index in [0.717, 1.165) is 18.8 Å². The minimum atomic E-state index is 0.317. The molecule has 0 unspecified atom stereocenters. The molecule has 0 amide bonds. The van der Waals surface area contributed by atoms with E-state index in [0.29, 0.717) is 28.9 Å². The number of anilines is 1. The van der Waals surface area contributed by atoms with E-state index in [-0.39, 0.29) is 0 Å². The fourth-order valence-electron chi connectivity index (χ4n) is 1.65. The number of carbonyl (C=O) groups is 1. The minimum Gasteiger partial charge on any atom is -0.370 e. The van der Waals surface area contributed by atoms with Gasteiger partial charge in [-0.3, -0.25) is 4.79 Å².